The molecule has 7 heteroatoms. The summed E-state index contributed by atoms with van der Waals surface area (Å²) in [7, 11) is 0. The molecule has 0 aliphatic heterocycles. The Bertz CT molecular complexity index is 643. The number of aryl methyl sites for hydroxylation is 1. The van der Waals surface area contributed by atoms with Crippen LogP contribution in [0.2, 0.25) is 0 Å². The van der Waals surface area contributed by atoms with E-state index in [1.807, 2.05) is 18.4 Å². The lowest BCUT2D eigenvalue weighted by atomic mass is 10.4. The van der Waals surface area contributed by atoms with Gasteiger partial charge in [-0.3, -0.25) is 0 Å². The summed E-state index contributed by atoms with van der Waals surface area (Å²) < 4.78 is 0. The fraction of sp³-hybridized carbons (Fsp3) is 0.200. The Labute approximate surface area is 101 Å². The first-order valence-electron chi connectivity index (χ1n) is 5.22. The third-order valence-corrected chi connectivity index (χ3v) is 3.15. The first kappa shape index (κ1) is 10.2. The lowest BCUT2D eigenvalue weighted by Gasteiger charge is -2.01. The Hall–Kier alpha value is -2.02. The van der Waals surface area contributed by atoms with Gasteiger partial charge in [0.05, 0.1) is 18.1 Å². The number of aromatic nitrogens is 5. The molecule has 0 fully saturated rings. The van der Waals surface area contributed by atoms with E-state index in [-0.39, 0.29) is 0 Å². The number of nitrogens with zero attached hydrogens (tertiary/aromatic N) is 5. The zero-order chi connectivity index (χ0) is 11.7. The standard InChI is InChI=1S/C10H10N6S/c1-2-16-13-5-8(15-16)14-9-7-3-4-17-10(7)12-6-11-9/h3-6H,2H2,1H3,(H,11,12,14,15). The Morgan fingerprint density at radius 2 is 2.35 bits per heavy atom. The molecule has 0 aliphatic carbocycles. The van der Waals surface area contributed by atoms with Crippen LogP contribution in [0.3, 0.4) is 0 Å². The van der Waals surface area contributed by atoms with Crippen molar-refractivity contribution in [3.05, 3.63) is 24.0 Å². The molecular formula is C10H10N6S. The van der Waals surface area contributed by atoms with Crippen molar-refractivity contribution in [2.24, 2.45) is 0 Å². The summed E-state index contributed by atoms with van der Waals surface area (Å²) in [5, 5.41) is 14.5. The van der Waals surface area contributed by atoms with Crippen molar-refractivity contribution >= 4 is 33.2 Å². The van der Waals surface area contributed by atoms with E-state index in [1.54, 1.807) is 28.7 Å². The van der Waals surface area contributed by atoms with Gasteiger partial charge in [0.2, 0.25) is 0 Å². The third-order valence-electron chi connectivity index (χ3n) is 2.33. The van der Waals surface area contributed by atoms with Crippen LogP contribution in [0.25, 0.3) is 10.2 Å². The van der Waals surface area contributed by atoms with Gasteiger partial charge in [0.25, 0.3) is 0 Å². The number of hydrogen-bond donors (Lipinski definition) is 1. The Kier molecular flexibility index (Phi) is 2.45. The zero-order valence-corrected chi connectivity index (χ0v) is 9.98. The maximum atomic E-state index is 4.25. The normalized spacial score (nSPS) is 10.9. The number of hydrogen-bond acceptors (Lipinski definition) is 6. The molecule has 0 bridgehead atoms. The minimum absolute atomic E-state index is 0.693. The minimum atomic E-state index is 0.693. The summed E-state index contributed by atoms with van der Waals surface area (Å²) >= 11 is 1.59. The highest BCUT2D eigenvalue weighted by Gasteiger charge is 2.06. The van der Waals surface area contributed by atoms with Crippen LogP contribution in [0.15, 0.2) is 24.0 Å². The molecule has 3 rings (SSSR count). The summed E-state index contributed by atoms with van der Waals surface area (Å²) in [6.45, 7) is 2.74. The Balaban J connectivity index is 1.96. The number of fused-ring (bicyclic) bond motifs is 1. The van der Waals surface area contributed by atoms with Gasteiger partial charge in [0.1, 0.15) is 17.0 Å². The molecule has 0 amide bonds. The van der Waals surface area contributed by atoms with Crippen LogP contribution < -0.4 is 5.32 Å². The molecule has 3 aromatic rings. The fourth-order valence-corrected chi connectivity index (χ4v) is 2.25. The van der Waals surface area contributed by atoms with Gasteiger partial charge in [-0.1, -0.05) is 0 Å². The summed E-state index contributed by atoms with van der Waals surface area (Å²) in [6, 6.07) is 1.99. The number of anilines is 2. The summed E-state index contributed by atoms with van der Waals surface area (Å²) in [4.78, 5) is 11.0. The van der Waals surface area contributed by atoms with E-state index >= 15 is 0 Å². The van der Waals surface area contributed by atoms with Gasteiger partial charge in [-0.15, -0.1) is 16.4 Å². The molecule has 0 aliphatic rings. The number of rotatable bonds is 3. The van der Waals surface area contributed by atoms with Gasteiger partial charge >= 0.3 is 0 Å². The first-order chi connectivity index (χ1) is 8.36. The van der Waals surface area contributed by atoms with Crippen LogP contribution in [0.5, 0.6) is 0 Å². The highest BCUT2D eigenvalue weighted by molar-refractivity contribution is 7.16. The number of thiophene rings is 1. The van der Waals surface area contributed by atoms with Crippen molar-refractivity contribution in [2.75, 3.05) is 5.32 Å². The van der Waals surface area contributed by atoms with Crippen molar-refractivity contribution in [3.8, 4) is 0 Å². The van der Waals surface area contributed by atoms with E-state index in [2.05, 4.69) is 25.5 Å². The van der Waals surface area contributed by atoms with E-state index in [1.165, 1.54) is 0 Å². The second-order valence-electron chi connectivity index (χ2n) is 3.41. The Morgan fingerprint density at radius 3 is 3.18 bits per heavy atom. The van der Waals surface area contributed by atoms with Gasteiger partial charge in [-0.2, -0.15) is 9.90 Å². The van der Waals surface area contributed by atoms with Crippen molar-refractivity contribution in [1.82, 2.24) is 25.0 Å². The van der Waals surface area contributed by atoms with Gasteiger partial charge in [-0.25, -0.2) is 9.97 Å². The van der Waals surface area contributed by atoms with E-state index < -0.39 is 0 Å². The average Bonchev–Trinajstić information content (AvgIpc) is 2.97. The van der Waals surface area contributed by atoms with Gasteiger partial charge in [0, 0.05) is 0 Å². The maximum Gasteiger partial charge on any atom is 0.174 e. The molecule has 17 heavy (non-hydrogen) atoms. The molecule has 0 saturated heterocycles. The first-order valence-corrected chi connectivity index (χ1v) is 6.10. The van der Waals surface area contributed by atoms with E-state index in [4.69, 9.17) is 0 Å². The van der Waals surface area contributed by atoms with Gasteiger partial charge < -0.3 is 5.32 Å². The van der Waals surface area contributed by atoms with Crippen molar-refractivity contribution in [1.29, 1.82) is 0 Å². The molecule has 0 saturated carbocycles. The maximum absolute atomic E-state index is 4.25. The van der Waals surface area contributed by atoms with Crippen LogP contribution in [0, 0.1) is 0 Å². The van der Waals surface area contributed by atoms with E-state index in [0.717, 1.165) is 22.6 Å². The predicted molar refractivity (Wildman–Crippen MR) is 66.4 cm³/mol. The largest absolute Gasteiger partial charge is 0.321 e. The smallest absolute Gasteiger partial charge is 0.174 e. The minimum Gasteiger partial charge on any atom is -0.321 e. The van der Waals surface area contributed by atoms with Crippen molar-refractivity contribution < 1.29 is 0 Å². The summed E-state index contributed by atoms with van der Waals surface area (Å²) in [6.07, 6.45) is 3.23. The molecule has 0 aromatic carbocycles. The molecule has 6 nitrogen and oxygen atoms in total. The molecule has 1 N–H and O–H groups in total. The highest BCUT2D eigenvalue weighted by atomic mass is 32.1. The molecule has 0 atom stereocenters. The molecule has 0 radical (unpaired) electrons. The SMILES string of the molecule is CCn1ncc(Nc2ncnc3sccc23)n1. The molecule has 86 valence electrons. The molecular weight excluding hydrogens is 236 g/mol. The van der Waals surface area contributed by atoms with E-state index in [9.17, 15) is 0 Å². The van der Waals surface area contributed by atoms with Crippen LogP contribution >= 0.6 is 11.3 Å². The summed E-state index contributed by atoms with van der Waals surface area (Å²) in [5.41, 5.74) is 0. The third kappa shape index (κ3) is 1.84. The van der Waals surface area contributed by atoms with Gasteiger partial charge in [0.15, 0.2) is 5.82 Å². The van der Waals surface area contributed by atoms with Crippen molar-refractivity contribution in [3.63, 3.8) is 0 Å². The zero-order valence-electron chi connectivity index (χ0n) is 9.16. The lowest BCUT2D eigenvalue weighted by Crippen LogP contribution is -2.00. The topological polar surface area (TPSA) is 68.5 Å². The molecule has 0 unspecified atom stereocenters. The molecule has 3 aromatic heterocycles. The highest BCUT2D eigenvalue weighted by Crippen LogP contribution is 2.25. The van der Waals surface area contributed by atoms with Crippen LogP contribution in [-0.2, 0) is 6.54 Å². The van der Waals surface area contributed by atoms with Crippen LogP contribution in [-0.4, -0.2) is 25.0 Å². The summed E-state index contributed by atoms with van der Waals surface area (Å²) in [5.74, 6) is 1.46. The quantitative estimate of drug-likeness (QED) is 0.766. The average molecular weight is 246 g/mol. The second-order valence-corrected chi connectivity index (χ2v) is 4.30. The lowest BCUT2D eigenvalue weighted by molar-refractivity contribution is 0.571. The monoisotopic (exact) mass is 246 g/mol. The predicted octanol–water partition coefficient (Wildman–Crippen LogP) is 2.05. The Morgan fingerprint density at radius 1 is 1.41 bits per heavy atom. The fourth-order valence-electron chi connectivity index (χ4n) is 1.52. The van der Waals surface area contributed by atoms with Gasteiger partial charge in [-0.05, 0) is 18.4 Å². The number of nitrogens with one attached hydrogen (secondary N) is 1. The van der Waals surface area contributed by atoms with E-state index in [0.29, 0.717) is 5.82 Å². The second kappa shape index (κ2) is 4.10. The molecule has 0 spiro atoms. The van der Waals surface area contributed by atoms with Crippen molar-refractivity contribution in [2.45, 2.75) is 13.5 Å². The van der Waals surface area contributed by atoms with Crippen LogP contribution in [0.1, 0.15) is 6.92 Å². The molecule has 3 heterocycles. The van der Waals surface area contributed by atoms with Crippen LogP contribution in [0.4, 0.5) is 11.6 Å².